The van der Waals surface area contributed by atoms with Gasteiger partial charge in [-0.05, 0) is 25.0 Å². The van der Waals surface area contributed by atoms with E-state index < -0.39 is 12.2 Å². The van der Waals surface area contributed by atoms with E-state index in [-0.39, 0.29) is 5.41 Å². The van der Waals surface area contributed by atoms with Gasteiger partial charge in [0.15, 0.2) is 0 Å². The summed E-state index contributed by atoms with van der Waals surface area (Å²) in [4.78, 5) is 8.28. The molecule has 2 atom stereocenters. The number of nitrogens with one attached hydrogen (secondary N) is 1. The first kappa shape index (κ1) is 16.3. The molecule has 2 aromatic rings. The number of thiazole rings is 1. The molecule has 3 rings (SSSR count). The first-order chi connectivity index (χ1) is 11.2. The normalized spacial score (nSPS) is 27.2. The van der Waals surface area contributed by atoms with Gasteiger partial charge in [-0.3, -0.25) is 4.98 Å². The number of rotatable bonds is 7. The van der Waals surface area contributed by atoms with Crippen LogP contribution in [0.25, 0.3) is 0 Å². The van der Waals surface area contributed by atoms with Gasteiger partial charge in [-0.2, -0.15) is 0 Å². The maximum absolute atomic E-state index is 9.96. The van der Waals surface area contributed by atoms with Gasteiger partial charge in [0, 0.05) is 36.3 Å². The molecule has 0 saturated heterocycles. The molecule has 0 aliphatic heterocycles. The molecule has 6 nitrogen and oxygen atoms in total. The van der Waals surface area contributed by atoms with Crippen LogP contribution in [0.1, 0.15) is 17.8 Å². The third kappa shape index (κ3) is 4.26. The first-order valence-electron chi connectivity index (χ1n) is 7.65. The predicted molar refractivity (Wildman–Crippen MR) is 87.2 cm³/mol. The molecule has 2 unspecified atom stereocenters. The summed E-state index contributed by atoms with van der Waals surface area (Å²) in [5.41, 5.74) is -0.300. The van der Waals surface area contributed by atoms with E-state index in [1.54, 1.807) is 29.9 Å². The molecule has 7 heteroatoms. The standard InChI is InChI=1S/C16H21N3O3S/c20-13-6-16(7-14(13)21,10-18-9-15-19-4-5-23-15)11-22-12-2-1-3-17-8-12/h1-5,8,13-14,18,20-21H,6-7,9-11H2. The highest BCUT2D eigenvalue weighted by atomic mass is 32.1. The zero-order chi connectivity index (χ0) is 16.1. The van der Waals surface area contributed by atoms with E-state index in [1.165, 1.54) is 0 Å². The van der Waals surface area contributed by atoms with Crippen LogP contribution >= 0.6 is 11.3 Å². The van der Waals surface area contributed by atoms with Crippen LogP contribution in [-0.2, 0) is 6.54 Å². The first-order valence-corrected chi connectivity index (χ1v) is 8.53. The SMILES string of the molecule is OC1CC(CNCc2nccs2)(COc2cccnc2)CC1O. The molecular formula is C16H21N3O3S. The van der Waals surface area contributed by atoms with Crippen molar-refractivity contribution in [2.45, 2.75) is 31.6 Å². The number of aliphatic hydroxyl groups is 2. The van der Waals surface area contributed by atoms with Gasteiger partial charge in [-0.15, -0.1) is 11.3 Å². The lowest BCUT2D eigenvalue weighted by Gasteiger charge is -2.29. The van der Waals surface area contributed by atoms with Crippen molar-refractivity contribution in [2.24, 2.45) is 5.41 Å². The van der Waals surface area contributed by atoms with Gasteiger partial charge in [-0.25, -0.2) is 4.98 Å². The summed E-state index contributed by atoms with van der Waals surface area (Å²) in [6.45, 7) is 1.76. The van der Waals surface area contributed by atoms with Crippen LogP contribution in [0, 0.1) is 5.41 Å². The Morgan fingerprint density at radius 1 is 1.30 bits per heavy atom. The van der Waals surface area contributed by atoms with Gasteiger partial charge in [0.25, 0.3) is 0 Å². The second-order valence-corrected chi connectivity index (χ2v) is 7.03. The molecule has 124 valence electrons. The average molecular weight is 335 g/mol. The second kappa shape index (κ2) is 7.35. The Morgan fingerprint density at radius 2 is 2.13 bits per heavy atom. The molecule has 0 radical (unpaired) electrons. The number of aromatic nitrogens is 2. The van der Waals surface area contributed by atoms with Crippen LogP contribution in [-0.4, -0.2) is 45.5 Å². The number of hydrogen-bond donors (Lipinski definition) is 3. The van der Waals surface area contributed by atoms with Gasteiger partial charge in [0.2, 0.25) is 0 Å². The molecule has 1 fully saturated rings. The Hall–Kier alpha value is -1.54. The van der Waals surface area contributed by atoms with Gasteiger partial charge in [0.1, 0.15) is 10.8 Å². The van der Waals surface area contributed by atoms with Crippen LogP contribution in [0.3, 0.4) is 0 Å². The fourth-order valence-electron chi connectivity index (χ4n) is 3.00. The monoisotopic (exact) mass is 335 g/mol. The van der Waals surface area contributed by atoms with Crippen molar-refractivity contribution in [1.29, 1.82) is 0 Å². The van der Waals surface area contributed by atoms with Crippen LogP contribution < -0.4 is 10.1 Å². The van der Waals surface area contributed by atoms with Crippen LogP contribution in [0.4, 0.5) is 0 Å². The smallest absolute Gasteiger partial charge is 0.137 e. The minimum Gasteiger partial charge on any atom is -0.491 e. The largest absolute Gasteiger partial charge is 0.491 e. The van der Waals surface area contributed by atoms with E-state index in [0.29, 0.717) is 38.3 Å². The molecule has 1 aliphatic rings. The molecule has 2 heterocycles. The van der Waals surface area contributed by atoms with Crippen LogP contribution in [0.5, 0.6) is 5.75 Å². The molecule has 0 amide bonds. The van der Waals surface area contributed by atoms with Crippen molar-refractivity contribution in [3.8, 4) is 5.75 Å². The van der Waals surface area contributed by atoms with Crippen molar-refractivity contribution in [1.82, 2.24) is 15.3 Å². The molecule has 1 aliphatic carbocycles. The molecule has 1 saturated carbocycles. The summed E-state index contributed by atoms with van der Waals surface area (Å²) < 4.78 is 5.84. The number of nitrogens with zero attached hydrogens (tertiary/aromatic N) is 2. The minimum absolute atomic E-state index is 0.300. The Morgan fingerprint density at radius 3 is 2.78 bits per heavy atom. The molecule has 3 N–H and O–H groups in total. The summed E-state index contributed by atoms with van der Waals surface area (Å²) >= 11 is 1.60. The zero-order valence-corrected chi connectivity index (χ0v) is 13.6. The highest BCUT2D eigenvalue weighted by Gasteiger charge is 2.44. The van der Waals surface area contributed by atoms with E-state index in [2.05, 4.69) is 15.3 Å². The number of hydrogen-bond acceptors (Lipinski definition) is 7. The lowest BCUT2D eigenvalue weighted by molar-refractivity contribution is 0.0438. The summed E-state index contributed by atoms with van der Waals surface area (Å²) in [7, 11) is 0. The molecule has 0 aromatic carbocycles. The van der Waals surface area contributed by atoms with Crippen molar-refractivity contribution in [3.63, 3.8) is 0 Å². The number of pyridine rings is 1. The maximum atomic E-state index is 9.96. The van der Waals surface area contributed by atoms with E-state index in [1.807, 2.05) is 17.5 Å². The summed E-state index contributed by atoms with van der Waals surface area (Å²) in [6.07, 6.45) is 4.77. The molecular weight excluding hydrogens is 314 g/mol. The predicted octanol–water partition coefficient (Wildman–Crippen LogP) is 1.21. The molecule has 0 spiro atoms. The second-order valence-electron chi connectivity index (χ2n) is 6.05. The van der Waals surface area contributed by atoms with E-state index in [9.17, 15) is 10.2 Å². The minimum atomic E-state index is -0.700. The van der Waals surface area contributed by atoms with Gasteiger partial charge in [-0.1, -0.05) is 0 Å². The lowest BCUT2D eigenvalue weighted by atomic mass is 9.86. The lowest BCUT2D eigenvalue weighted by Crippen LogP contribution is -2.37. The Kier molecular flexibility index (Phi) is 5.22. The third-order valence-electron chi connectivity index (χ3n) is 4.17. The fraction of sp³-hybridized carbons (Fsp3) is 0.500. The van der Waals surface area contributed by atoms with Crippen molar-refractivity contribution in [2.75, 3.05) is 13.2 Å². The van der Waals surface area contributed by atoms with Crippen LogP contribution in [0.15, 0.2) is 36.1 Å². The van der Waals surface area contributed by atoms with Crippen LogP contribution in [0.2, 0.25) is 0 Å². The molecule has 0 bridgehead atoms. The van der Waals surface area contributed by atoms with Gasteiger partial charge >= 0.3 is 0 Å². The average Bonchev–Trinajstić information content (AvgIpc) is 3.16. The highest BCUT2D eigenvalue weighted by molar-refractivity contribution is 7.09. The summed E-state index contributed by atoms with van der Waals surface area (Å²) in [5.74, 6) is 0.697. The van der Waals surface area contributed by atoms with E-state index in [4.69, 9.17) is 4.74 Å². The summed E-state index contributed by atoms with van der Waals surface area (Å²) in [6, 6.07) is 3.67. The Bertz CT molecular complexity index is 584. The quantitative estimate of drug-likeness (QED) is 0.705. The zero-order valence-electron chi connectivity index (χ0n) is 12.8. The Balaban J connectivity index is 1.60. The topological polar surface area (TPSA) is 87.5 Å². The third-order valence-corrected chi connectivity index (χ3v) is 4.95. The van der Waals surface area contributed by atoms with E-state index >= 15 is 0 Å². The fourth-order valence-corrected chi connectivity index (χ4v) is 3.59. The highest BCUT2D eigenvalue weighted by Crippen LogP contribution is 2.38. The van der Waals surface area contributed by atoms with Gasteiger partial charge < -0.3 is 20.3 Å². The maximum Gasteiger partial charge on any atom is 0.137 e. The van der Waals surface area contributed by atoms with Crippen molar-refractivity contribution < 1.29 is 14.9 Å². The van der Waals surface area contributed by atoms with E-state index in [0.717, 1.165) is 5.01 Å². The van der Waals surface area contributed by atoms with Crippen molar-refractivity contribution >= 4 is 11.3 Å². The molecule has 23 heavy (non-hydrogen) atoms. The van der Waals surface area contributed by atoms with Crippen molar-refractivity contribution in [3.05, 3.63) is 41.1 Å². The number of aliphatic hydroxyl groups excluding tert-OH is 2. The number of ether oxygens (including phenoxy) is 1. The summed E-state index contributed by atoms with van der Waals surface area (Å²) in [5, 5.41) is 26.3. The van der Waals surface area contributed by atoms with Gasteiger partial charge in [0.05, 0.1) is 25.0 Å². The Labute approximate surface area is 139 Å². The molecule has 2 aromatic heterocycles.